The summed E-state index contributed by atoms with van der Waals surface area (Å²) in [6, 6.07) is 15.4. The maximum Gasteiger partial charge on any atom is 0.243 e. The maximum atomic E-state index is 13.1. The van der Waals surface area contributed by atoms with Crippen LogP contribution in [0.4, 0.5) is 0 Å². The minimum atomic E-state index is -3.49. The third-order valence-corrected chi connectivity index (χ3v) is 8.79. The second kappa shape index (κ2) is 9.89. The Hall–Kier alpha value is -2.33. The van der Waals surface area contributed by atoms with Crippen molar-refractivity contribution >= 4 is 22.2 Å². The topological polar surface area (TPSA) is 63.4 Å². The predicted octanol–water partition coefficient (Wildman–Crippen LogP) is 4.19. The number of hydrogen-bond acceptors (Lipinski definition) is 5. The van der Waals surface area contributed by atoms with E-state index in [9.17, 15) is 8.42 Å². The van der Waals surface area contributed by atoms with Gasteiger partial charge in [0.15, 0.2) is 0 Å². The molecule has 33 heavy (non-hydrogen) atoms. The minimum Gasteiger partial charge on any atom is -0.282 e. The highest BCUT2D eigenvalue weighted by atomic mass is 32.2. The fourth-order valence-corrected chi connectivity index (χ4v) is 5.76. The van der Waals surface area contributed by atoms with Crippen molar-refractivity contribution in [1.29, 1.82) is 0 Å². The first-order valence-corrected chi connectivity index (χ1v) is 13.2. The van der Waals surface area contributed by atoms with E-state index in [1.54, 1.807) is 27.4 Å². The Bertz CT molecular complexity index is 1260. The zero-order valence-electron chi connectivity index (χ0n) is 19.4. The van der Waals surface area contributed by atoms with E-state index in [4.69, 9.17) is 12.2 Å². The highest BCUT2D eigenvalue weighted by Crippen LogP contribution is 2.23. The van der Waals surface area contributed by atoms with Crippen molar-refractivity contribution in [2.75, 3.05) is 26.2 Å². The van der Waals surface area contributed by atoms with Gasteiger partial charge in [-0.2, -0.15) is 9.40 Å². The Morgan fingerprint density at radius 2 is 1.70 bits per heavy atom. The summed E-state index contributed by atoms with van der Waals surface area (Å²) in [5.41, 5.74) is 3.32. The highest BCUT2D eigenvalue weighted by Gasteiger charge is 2.28. The molecule has 4 rings (SSSR count). The summed E-state index contributed by atoms with van der Waals surface area (Å²) < 4.78 is 32.1. The lowest BCUT2D eigenvalue weighted by Crippen LogP contribution is -2.48. The first-order valence-electron chi connectivity index (χ1n) is 11.3. The summed E-state index contributed by atoms with van der Waals surface area (Å²) in [6.07, 6.45) is 2.77. The molecule has 0 aliphatic carbocycles. The molecule has 1 aliphatic rings. The number of rotatable bonds is 7. The van der Waals surface area contributed by atoms with E-state index in [0.29, 0.717) is 48.4 Å². The van der Waals surface area contributed by atoms with Crippen molar-refractivity contribution < 1.29 is 8.42 Å². The van der Waals surface area contributed by atoms with Crippen molar-refractivity contribution in [2.45, 2.75) is 44.7 Å². The van der Waals surface area contributed by atoms with Crippen LogP contribution >= 0.6 is 12.2 Å². The quantitative estimate of drug-likeness (QED) is 0.470. The Morgan fingerprint density at radius 3 is 2.33 bits per heavy atom. The van der Waals surface area contributed by atoms with Gasteiger partial charge < -0.3 is 0 Å². The van der Waals surface area contributed by atoms with Crippen LogP contribution in [0.15, 0.2) is 59.8 Å². The van der Waals surface area contributed by atoms with E-state index < -0.39 is 10.0 Å². The van der Waals surface area contributed by atoms with Crippen LogP contribution in [0.2, 0.25) is 0 Å². The van der Waals surface area contributed by atoms with Crippen molar-refractivity contribution in [3.63, 3.8) is 0 Å². The van der Waals surface area contributed by atoms with Crippen LogP contribution < -0.4 is 0 Å². The largest absolute Gasteiger partial charge is 0.282 e. The average molecular weight is 486 g/mol. The standard InChI is InChI=1S/C24H31N5O2S2/c1-4-19(2)21-9-11-22(12-10-21)33(30,31)27-15-13-26(14-16-27)18-29-24(32)28(17-25-29)23-8-6-5-7-20(23)3/h5-12,17,19H,4,13-16,18H2,1-3H3/t19-/m0/s1. The van der Waals surface area contributed by atoms with Gasteiger partial charge in [0, 0.05) is 26.2 Å². The van der Waals surface area contributed by atoms with Gasteiger partial charge >= 0.3 is 0 Å². The monoisotopic (exact) mass is 485 g/mol. The van der Waals surface area contributed by atoms with Gasteiger partial charge in [0.2, 0.25) is 14.8 Å². The third-order valence-electron chi connectivity index (χ3n) is 6.47. The number of benzene rings is 2. The Kier molecular flexibility index (Phi) is 7.13. The van der Waals surface area contributed by atoms with E-state index in [0.717, 1.165) is 17.7 Å². The molecular formula is C24H31N5O2S2. The Morgan fingerprint density at radius 1 is 1.03 bits per heavy atom. The van der Waals surface area contributed by atoms with Gasteiger partial charge in [-0.25, -0.2) is 13.1 Å². The Labute approximate surface area is 201 Å². The molecule has 0 amide bonds. The van der Waals surface area contributed by atoms with E-state index in [-0.39, 0.29) is 0 Å². The summed E-state index contributed by atoms with van der Waals surface area (Å²) in [4.78, 5) is 2.55. The molecule has 176 valence electrons. The van der Waals surface area contributed by atoms with Crippen LogP contribution in [0.5, 0.6) is 0 Å². The summed E-state index contributed by atoms with van der Waals surface area (Å²) in [5, 5.41) is 4.47. The molecule has 1 saturated heterocycles. The lowest BCUT2D eigenvalue weighted by molar-refractivity contribution is 0.144. The lowest BCUT2D eigenvalue weighted by atomic mass is 9.99. The van der Waals surface area contributed by atoms with E-state index >= 15 is 0 Å². The van der Waals surface area contributed by atoms with Gasteiger partial charge in [-0.05, 0) is 60.8 Å². The zero-order valence-corrected chi connectivity index (χ0v) is 21.0. The number of hydrogen-bond donors (Lipinski definition) is 0. The van der Waals surface area contributed by atoms with E-state index in [2.05, 4.69) is 23.8 Å². The fourth-order valence-electron chi connectivity index (χ4n) is 4.09. The maximum absolute atomic E-state index is 13.1. The number of para-hydroxylation sites is 1. The molecule has 7 nitrogen and oxygen atoms in total. The average Bonchev–Trinajstić information content (AvgIpc) is 3.19. The molecule has 0 radical (unpaired) electrons. The van der Waals surface area contributed by atoms with Gasteiger partial charge in [-0.3, -0.25) is 9.47 Å². The smallest absolute Gasteiger partial charge is 0.243 e. The van der Waals surface area contributed by atoms with Crippen LogP contribution in [0.1, 0.15) is 37.3 Å². The molecule has 1 aromatic heterocycles. The molecule has 0 N–H and O–H groups in total. The number of piperazine rings is 1. The number of sulfonamides is 1. The van der Waals surface area contributed by atoms with Crippen LogP contribution in [0.25, 0.3) is 5.69 Å². The molecule has 0 unspecified atom stereocenters. The molecule has 9 heteroatoms. The van der Waals surface area contributed by atoms with Crippen molar-refractivity contribution in [3.05, 3.63) is 70.8 Å². The van der Waals surface area contributed by atoms with Gasteiger partial charge in [0.1, 0.15) is 6.33 Å². The Balaban J connectivity index is 1.40. The molecule has 0 saturated carbocycles. The fraction of sp³-hybridized carbons (Fsp3) is 0.417. The lowest BCUT2D eigenvalue weighted by Gasteiger charge is -2.33. The van der Waals surface area contributed by atoms with E-state index in [1.807, 2.05) is 47.9 Å². The van der Waals surface area contributed by atoms with Crippen molar-refractivity contribution in [2.24, 2.45) is 0 Å². The minimum absolute atomic E-state index is 0.363. The molecule has 1 atom stereocenters. The molecule has 0 spiro atoms. The van der Waals surface area contributed by atoms with Crippen LogP contribution in [-0.4, -0.2) is 58.1 Å². The molecule has 0 bridgehead atoms. The third kappa shape index (κ3) is 4.96. The molecule has 2 aromatic carbocycles. The van der Waals surface area contributed by atoms with Crippen molar-refractivity contribution in [3.8, 4) is 5.69 Å². The number of aryl methyl sites for hydroxylation is 1. The second-order valence-corrected chi connectivity index (χ2v) is 10.9. The molecule has 1 aliphatic heterocycles. The SMILES string of the molecule is CC[C@H](C)c1ccc(S(=O)(=O)N2CCN(Cn3ncn(-c4ccccc4C)c3=S)CC2)cc1. The molecule has 3 aromatic rings. The van der Waals surface area contributed by atoms with Gasteiger partial charge in [-0.15, -0.1) is 0 Å². The normalized spacial score (nSPS) is 16.7. The van der Waals surface area contributed by atoms with Crippen molar-refractivity contribution in [1.82, 2.24) is 23.6 Å². The second-order valence-electron chi connectivity index (χ2n) is 8.61. The van der Waals surface area contributed by atoms with Gasteiger partial charge in [0.25, 0.3) is 0 Å². The molecule has 1 fully saturated rings. The summed E-state index contributed by atoms with van der Waals surface area (Å²) >= 11 is 5.65. The van der Waals surface area contributed by atoms with Crippen LogP contribution in [0.3, 0.4) is 0 Å². The first-order chi connectivity index (χ1) is 15.8. The highest BCUT2D eigenvalue weighted by molar-refractivity contribution is 7.89. The summed E-state index contributed by atoms with van der Waals surface area (Å²) in [7, 11) is -3.49. The van der Waals surface area contributed by atoms with Gasteiger partial charge in [0.05, 0.1) is 17.3 Å². The summed E-state index contributed by atoms with van der Waals surface area (Å²) in [6.45, 7) is 9.02. The predicted molar refractivity (Wildman–Crippen MR) is 133 cm³/mol. The van der Waals surface area contributed by atoms with Gasteiger partial charge in [-0.1, -0.05) is 44.2 Å². The zero-order chi connectivity index (χ0) is 23.6. The van der Waals surface area contributed by atoms with Crippen LogP contribution in [0, 0.1) is 11.7 Å². The van der Waals surface area contributed by atoms with Crippen LogP contribution in [-0.2, 0) is 16.7 Å². The van der Waals surface area contributed by atoms with E-state index in [1.165, 1.54) is 5.56 Å². The number of aromatic nitrogens is 3. The molecule has 2 heterocycles. The molecular weight excluding hydrogens is 454 g/mol. The first kappa shape index (κ1) is 23.8. The number of nitrogens with zero attached hydrogens (tertiary/aromatic N) is 5. The summed E-state index contributed by atoms with van der Waals surface area (Å²) in [5.74, 6) is 0.423.